The highest BCUT2D eigenvalue weighted by molar-refractivity contribution is 7.98. The number of amides is 1. The number of fused-ring (bicyclic) bond motifs is 1. The first-order valence-electron chi connectivity index (χ1n) is 8.31. The Balaban J connectivity index is 1.98. The molecule has 1 unspecified atom stereocenters. The van der Waals surface area contributed by atoms with E-state index in [2.05, 4.69) is 5.32 Å². The largest absolute Gasteiger partial charge is 0.394 e. The molecule has 27 heavy (non-hydrogen) atoms. The molecule has 0 fully saturated rings. The lowest BCUT2D eigenvalue weighted by molar-refractivity contribution is -0.135. The highest BCUT2D eigenvalue weighted by Crippen LogP contribution is 2.30. The Kier molecular flexibility index (Phi) is 5.83. The Bertz CT molecular complexity index is 918. The highest BCUT2D eigenvalue weighted by atomic mass is 32.2. The van der Waals surface area contributed by atoms with Crippen LogP contribution in [-0.4, -0.2) is 46.7 Å². The summed E-state index contributed by atoms with van der Waals surface area (Å²) in [5, 5.41) is 13.2. The Hall–Kier alpha value is -2.36. The smallest absolute Gasteiger partial charge is 0.279 e. The van der Waals surface area contributed by atoms with Crippen LogP contribution in [0, 0.1) is 5.82 Å². The number of halogens is 1. The van der Waals surface area contributed by atoms with E-state index in [0.29, 0.717) is 11.1 Å². The first-order valence-corrected chi connectivity index (χ1v) is 9.53. The Labute approximate surface area is 159 Å². The van der Waals surface area contributed by atoms with Gasteiger partial charge in [-0.25, -0.2) is 9.45 Å². The zero-order valence-corrected chi connectivity index (χ0v) is 15.8. The molecule has 1 aliphatic heterocycles. The number of thioether (sulfide) groups is 1. The second-order valence-electron chi connectivity index (χ2n) is 6.06. The number of aromatic nitrogens is 1. The van der Waals surface area contributed by atoms with Gasteiger partial charge in [-0.1, -0.05) is 0 Å². The fourth-order valence-corrected chi connectivity index (χ4v) is 3.33. The molecule has 0 saturated carbocycles. The second kappa shape index (κ2) is 8.12. The van der Waals surface area contributed by atoms with Crippen molar-refractivity contribution in [2.75, 3.05) is 31.3 Å². The Morgan fingerprint density at radius 2 is 2.15 bits per heavy atom. The number of aliphatic hydroxyl groups excluding tert-OH is 1. The summed E-state index contributed by atoms with van der Waals surface area (Å²) in [6.45, 7) is -0.216. The van der Waals surface area contributed by atoms with Gasteiger partial charge in [-0.3, -0.25) is 14.4 Å². The lowest BCUT2D eigenvalue weighted by Crippen LogP contribution is -2.43. The van der Waals surface area contributed by atoms with Gasteiger partial charge < -0.3 is 15.0 Å². The van der Waals surface area contributed by atoms with Gasteiger partial charge in [-0.2, -0.15) is 0 Å². The Morgan fingerprint density at radius 1 is 1.37 bits per heavy atom. The van der Waals surface area contributed by atoms with Crippen molar-refractivity contribution in [1.29, 1.82) is 0 Å². The average molecular weight is 393 g/mol. The van der Waals surface area contributed by atoms with Gasteiger partial charge in [0.2, 0.25) is 0 Å². The van der Waals surface area contributed by atoms with Crippen molar-refractivity contribution in [3.8, 4) is 0 Å². The third kappa shape index (κ3) is 4.00. The highest BCUT2D eigenvalue weighted by Gasteiger charge is 2.33. The summed E-state index contributed by atoms with van der Waals surface area (Å²) in [5.41, 5.74) is 0.775. The molecular weight excluding hydrogens is 373 g/mol. The lowest BCUT2D eigenvalue weighted by atomic mass is 9.97. The second-order valence-corrected chi connectivity index (χ2v) is 6.94. The maximum Gasteiger partial charge on any atom is 0.279 e. The van der Waals surface area contributed by atoms with E-state index >= 15 is 0 Å². The van der Waals surface area contributed by atoms with E-state index in [1.807, 2.05) is 6.26 Å². The molecule has 0 saturated heterocycles. The molecule has 1 atom stereocenters. The zero-order chi connectivity index (χ0) is 19.6. The summed E-state index contributed by atoms with van der Waals surface area (Å²) in [6, 6.07) is 5.67. The van der Waals surface area contributed by atoms with E-state index in [0.717, 1.165) is 9.96 Å². The number of aryl methyl sites for hydroxylation is 1. The van der Waals surface area contributed by atoms with Gasteiger partial charge in [-0.15, -0.1) is 11.8 Å². The zero-order valence-electron chi connectivity index (χ0n) is 14.9. The predicted octanol–water partition coefficient (Wildman–Crippen LogP) is 1.78. The van der Waals surface area contributed by atoms with Crippen LogP contribution in [-0.2, 0) is 11.9 Å². The summed E-state index contributed by atoms with van der Waals surface area (Å²) in [5.74, 6) is -0.836. The number of hydrogen-bond acceptors (Lipinski definition) is 6. The quantitative estimate of drug-likeness (QED) is 0.728. The number of nitrogens with zero attached hydrogens (tertiary/aromatic N) is 2. The van der Waals surface area contributed by atoms with Crippen LogP contribution in [0.2, 0.25) is 0 Å². The van der Waals surface area contributed by atoms with Crippen LogP contribution in [0.25, 0.3) is 0 Å². The van der Waals surface area contributed by atoms with Crippen LogP contribution in [0.3, 0.4) is 0 Å². The van der Waals surface area contributed by atoms with Crippen LogP contribution < -0.4 is 10.9 Å². The van der Waals surface area contributed by atoms with Gasteiger partial charge in [0, 0.05) is 24.2 Å². The minimum Gasteiger partial charge on any atom is -0.394 e. The molecule has 1 amide bonds. The summed E-state index contributed by atoms with van der Waals surface area (Å²) in [4.78, 5) is 30.8. The van der Waals surface area contributed by atoms with Gasteiger partial charge in [0.1, 0.15) is 5.82 Å². The number of carbonyl (C=O) groups is 1. The first kappa shape index (κ1) is 19.4. The molecule has 9 heteroatoms. The molecule has 0 bridgehead atoms. The van der Waals surface area contributed by atoms with Gasteiger partial charge >= 0.3 is 0 Å². The summed E-state index contributed by atoms with van der Waals surface area (Å²) < 4.78 is 15.7. The molecule has 1 aromatic carbocycles. The minimum atomic E-state index is -0.542. The van der Waals surface area contributed by atoms with Gasteiger partial charge in [-0.05, 0) is 30.0 Å². The predicted molar refractivity (Wildman–Crippen MR) is 100 cm³/mol. The van der Waals surface area contributed by atoms with E-state index < -0.39 is 17.8 Å². The maximum absolute atomic E-state index is 14.4. The van der Waals surface area contributed by atoms with Gasteiger partial charge in [0.15, 0.2) is 0 Å². The fourth-order valence-electron chi connectivity index (χ4n) is 2.91. The van der Waals surface area contributed by atoms with Crippen molar-refractivity contribution in [2.24, 2.45) is 7.05 Å². The molecule has 3 rings (SSSR count). The number of carbonyl (C=O) groups excluding carboxylic acids is 1. The third-order valence-electron chi connectivity index (χ3n) is 4.29. The van der Waals surface area contributed by atoms with Gasteiger partial charge in [0.25, 0.3) is 11.5 Å². The minimum absolute atomic E-state index is 0.0453. The number of pyridine rings is 1. The van der Waals surface area contributed by atoms with Crippen molar-refractivity contribution in [3.05, 3.63) is 57.8 Å². The molecule has 0 spiro atoms. The molecule has 2 aromatic rings. The van der Waals surface area contributed by atoms with Crippen LogP contribution >= 0.6 is 11.8 Å². The maximum atomic E-state index is 14.4. The molecule has 1 aliphatic rings. The molecule has 2 N–H and O–H groups in total. The first-order chi connectivity index (χ1) is 12.9. The molecule has 0 radical (unpaired) electrons. The van der Waals surface area contributed by atoms with Crippen molar-refractivity contribution < 1.29 is 19.1 Å². The van der Waals surface area contributed by atoms with Crippen molar-refractivity contribution >= 4 is 23.4 Å². The van der Waals surface area contributed by atoms with E-state index in [4.69, 9.17) is 9.94 Å². The summed E-state index contributed by atoms with van der Waals surface area (Å²) in [7, 11) is 1.55. The molecule has 7 nitrogen and oxygen atoms in total. The molecule has 0 aliphatic carbocycles. The monoisotopic (exact) mass is 393 g/mol. The van der Waals surface area contributed by atoms with Crippen LogP contribution in [0.4, 0.5) is 10.1 Å². The van der Waals surface area contributed by atoms with Crippen molar-refractivity contribution in [3.63, 3.8) is 0 Å². The number of hydroxylamine groups is 2. The van der Waals surface area contributed by atoms with Crippen molar-refractivity contribution in [2.45, 2.75) is 10.9 Å². The number of anilines is 1. The normalized spacial score (nSPS) is 16.4. The van der Waals surface area contributed by atoms with E-state index in [1.165, 1.54) is 34.7 Å². The standard InChI is InChI=1S/C18H20FN3O4S/c1-21-9-13-12(8-17(21)24)16(10-22(18(13)25)26-6-5-23)20-15-4-3-11(27-2)7-14(15)19/h3-4,7-9,16,20,23H,5-6,10H2,1-2H3. The number of rotatable bonds is 6. The van der Waals surface area contributed by atoms with Gasteiger partial charge in [0.05, 0.1) is 37.1 Å². The molecule has 144 valence electrons. The molecule has 2 heterocycles. The van der Waals surface area contributed by atoms with E-state index in [9.17, 15) is 14.0 Å². The fraction of sp³-hybridized carbons (Fsp3) is 0.333. The van der Waals surface area contributed by atoms with Crippen LogP contribution in [0.1, 0.15) is 22.0 Å². The molecular formula is C18H20FN3O4S. The summed E-state index contributed by atoms with van der Waals surface area (Å²) in [6.07, 6.45) is 3.30. The van der Waals surface area contributed by atoms with Crippen LogP contribution in [0.15, 0.2) is 40.2 Å². The molecule has 1 aromatic heterocycles. The SMILES string of the molecule is CSc1ccc(NC2CN(OCCO)C(=O)c3cn(C)c(=O)cc32)c(F)c1. The number of nitrogens with one attached hydrogen (secondary N) is 1. The number of aliphatic hydroxyl groups is 1. The number of benzene rings is 1. The Morgan fingerprint density at radius 3 is 2.81 bits per heavy atom. The average Bonchev–Trinajstić information content (AvgIpc) is 2.66. The lowest BCUT2D eigenvalue weighted by Gasteiger charge is -2.34. The number of hydrogen-bond donors (Lipinski definition) is 2. The van der Waals surface area contributed by atoms with E-state index in [1.54, 1.807) is 19.2 Å². The topological polar surface area (TPSA) is 83.8 Å². The third-order valence-corrected chi connectivity index (χ3v) is 5.01. The van der Waals surface area contributed by atoms with Crippen molar-refractivity contribution in [1.82, 2.24) is 9.63 Å². The summed E-state index contributed by atoms with van der Waals surface area (Å²) >= 11 is 1.43. The van der Waals surface area contributed by atoms with Crippen LogP contribution in [0.5, 0.6) is 0 Å². The van der Waals surface area contributed by atoms with E-state index in [-0.39, 0.29) is 31.0 Å².